The third-order valence-corrected chi connectivity index (χ3v) is 10.1. The summed E-state index contributed by atoms with van der Waals surface area (Å²) < 4.78 is 4.73. The first-order valence-electron chi connectivity index (χ1n) is 16.2. The summed E-state index contributed by atoms with van der Waals surface area (Å²) in [5.74, 6) is 0.687. The van der Waals surface area contributed by atoms with E-state index in [0.717, 1.165) is 44.8 Å². The van der Waals surface area contributed by atoms with Gasteiger partial charge in [-0.3, -0.25) is 4.57 Å². The molecule has 0 saturated carbocycles. The lowest BCUT2D eigenvalue weighted by Crippen LogP contribution is -2.18. The first kappa shape index (κ1) is 26.2. The fourth-order valence-corrected chi connectivity index (χ4v) is 7.99. The van der Waals surface area contributed by atoms with Crippen molar-refractivity contribution in [3.63, 3.8) is 0 Å². The molecule has 0 fully saturated rings. The van der Waals surface area contributed by atoms with E-state index in [9.17, 15) is 0 Å². The Morgan fingerprint density at radius 1 is 0.489 bits per heavy atom. The second-order valence-electron chi connectivity index (χ2n) is 13.0. The number of aromatic nitrogens is 4. The summed E-state index contributed by atoms with van der Waals surface area (Å²) in [6.45, 7) is 4.58. The van der Waals surface area contributed by atoms with Gasteiger partial charge in [0, 0.05) is 43.8 Å². The average Bonchev–Trinajstić information content (AvgIpc) is 3.72. The summed E-state index contributed by atoms with van der Waals surface area (Å²) in [5.41, 5.74) is 12.1. The monoisotopic (exact) mass is 602 g/mol. The maximum Gasteiger partial charge on any atom is 0.235 e. The van der Waals surface area contributed by atoms with Crippen LogP contribution in [0.15, 0.2) is 146 Å². The molecule has 0 aliphatic heterocycles. The Labute approximate surface area is 272 Å². The molecule has 47 heavy (non-hydrogen) atoms. The molecule has 3 aromatic heterocycles. The fourth-order valence-electron chi connectivity index (χ4n) is 7.99. The van der Waals surface area contributed by atoms with Gasteiger partial charge in [0.1, 0.15) is 0 Å². The lowest BCUT2D eigenvalue weighted by Gasteiger charge is -2.21. The van der Waals surface area contributed by atoms with E-state index in [2.05, 4.69) is 169 Å². The minimum Gasteiger partial charge on any atom is -0.307 e. The molecule has 1 aliphatic rings. The van der Waals surface area contributed by atoms with Crippen molar-refractivity contribution < 1.29 is 0 Å². The van der Waals surface area contributed by atoms with Crippen LogP contribution in [0.25, 0.3) is 77.6 Å². The molecule has 0 radical (unpaired) electrons. The van der Waals surface area contributed by atoms with Gasteiger partial charge in [-0.05, 0) is 35.4 Å². The normalized spacial score (nSPS) is 13.5. The van der Waals surface area contributed by atoms with Crippen molar-refractivity contribution in [2.24, 2.45) is 0 Å². The van der Waals surface area contributed by atoms with Crippen LogP contribution < -0.4 is 0 Å². The van der Waals surface area contributed by atoms with E-state index in [1.165, 1.54) is 38.2 Å². The summed E-state index contributed by atoms with van der Waals surface area (Å²) in [5, 5.41) is 4.79. The minimum absolute atomic E-state index is 0.292. The molecular weight excluding hydrogens is 573 g/mol. The van der Waals surface area contributed by atoms with Crippen molar-refractivity contribution in [2.45, 2.75) is 19.3 Å². The lowest BCUT2D eigenvalue weighted by molar-refractivity contribution is 0.632. The first-order chi connectivity index (χ1) is 23.1. The van der Waals surface area contributed by atoms with Crippen LogP contribution >= 0.6 is 0 Å². The second kappa shape index (κ2) is 9.51. The number of hydrogen-bond donors (Lipinski definition) is 0. The van der Waals surface area contributed by atoms with E-state index < -0.39 is 0 Å². The van der Waals surface area contributed by atoms with E-state index in [1.54, 1.807) is 0 Å². The maximum atomic E-state index is 5.56. The molecule has 0 saturated heterocycles. The Hall–Kier alpha value is -6.00. The van der Waals surface area contributed by atoms with Gasteiger partial charge in [0.25, 0.3) is 0 Å². The van der Waals surface area contributed by atoms with Gasteiger partial charge >= 0.3 is 0 Å². The first-order valence-corrected chi connectivity index (χ1v) is 16.2. The van der Waals surface area contributed by atoms with Crippen LogP contribution in [0.2, 0.25) is 0 Å². The SMILES string of the molecule is CC1(C)c2ccccc2-c2c(-c3ccccc3)nc(-n3c4ccccc4c4ccc5c6ccccc6n(-c6ccccc6)c5c43)nc21. The third kappa shape index (κ3) is 3.53. The highest BCUT2D eigenvalue weighted by Gasteiger charge is 2.40. The zero-order valence-corrected chi connectivity index (χ0v) is 26.1. The maximum absolute atomic E-state index is 5.56. The smallest absolute Gasteiger partial charge is 0.235 e. The second-order valence-corrected chi connectivity index (χ2v) is 13.0. The van der Waals surface area contributed by atoms with Crippen molar-refractivity contribution in [1.82, 2.24) is 19.1 Å². The van der Waals surface area contributed by atoms with Crippen LogP contribution in [0.3, 0.4) is 0 Å². The highest BCUT2D eigenvalue weighted by molar-refractivity contribution is 6.23. The Morgan fingerprint density at radius 2 is 1.04 bits per heavy atom. The van der Waals surface area contributed by atoms with E-state index in [0.29, 0.717) is 5.95 Å². The van der Waals surface area contributed by atoms with Crippen molar-refractivity contribution in [3.05, 3.63) is 157 Å². The topological polar surface area (TPSA) is 35.6 Å². The molecule has 1 aliphatic carbocycles. The molecule has 0 unspecified atom stereocenters. The van der Waals surface area contributed by atoms with Crippen LogP contribution in [0.5, 0.6) is 0 Å². The van der Waals surface area contributed by atoms with Gasteiger partial charge in [0.05, 0.1) is 33.5 Å². The Kier molecular flexibility index (Phi) is 5.31. The largest absolute Gasteiger partial charge is 0.307 e. The van der Waals surface area contributed by atoms with E-state index in [-0.39, 0.29) is 5.41 Å². The van der Waals surface area contributed by atoms with Gasteiger partial charge in [0.2, 0.25) is 5.95 Å². The van der Waals surface area contributed by atoms with Gasteiger partial charge in [-0.15, -0.1) is 0 Å². The van der Waals surface area contributed by atoms with Crippen LogP contribution in [0, 0.1) is 0 Å². The Balaban J connectivity index is 1.41. The molecule has 10 rings (SSSR count). The predicted molar refractivity (Wildman–Crippen MR) is 194 cm³/mol. The van der Waals surface area contributed by atoms with Crippen molar-refractivity contribution in [2.75, 3.05) is 0 Å². The van der Waals surface area contributed by atoms with Gasteiger partial charge < -0.3 is 4.57 Å². The highest BCUT2D eigenvalue weighted by atomic mass is 15.2. The summed E-state index contributed by atoms with van der Waals surface area (Å²) >= 11 is 0. The molecule has 0 N–H and O–H groups in total. The number of para-hydroxylation sites is 3. The quantitative estimate of drug-likeness (QED) is 0.202. The highest BCUT2D eigenvalue weighted by Crippen LogP contribution is 2.51. The molecule has 3 heterocycles. The molecule has 0 bridgehead atoms. The number of fused-ring (bicyclic) bond motifs is 10. The molecule has 0 spiro atoms. The zero-order valence-electron chi connectivity index (χ0n) is 26.1. The molecule has 0 atom stereocenters. The summed E-state index contributed by atoms with van der Waals surface area (Å²) in [7, 11) is 0. The Morgan fingerprint density at radius 3 is 1.74 bits per heavy atom. The van der Waals surface area contributed by atoms with Crippen molar-refractivity contribution in [3.8, 4) is 34.0 Å². The molecule has 0 amide bonds. The molecule has 222 valence electrons. The minimum atomic E-state index is -0.292. The third-order valence-electron chi connectivity index (χ3n) is 10.1. The van der Waals surface area contributed by atoms with Gasteiger partial charge in [-0.1, -0.05) is 135 Å². The predicted octanol–water partition coefficient (Wildman–Crippen LogP) is 10.6. The van der Waals surface area contributed by atoms with Crippen LogP contribution in [0.1, 0.15) is 25.1 Å². The van der Waals surface area contributed by atoms with E-state index in [4.69, 9.17) is 9.97 Å². The number of benzene rings is 6. The summed E-state index contributed by atoms with van der Waals surface area (Å²) in [6.07, 6.45) is 0. The van der Waals surface area contributed by atoms with E-state index >= 15 is 0 Å². The van der Waals surface area contributed by atoms with Gasteiger partial charge in [-0.25, -0.2) is 9.97 Å². The van der Waals surface area contributed by atoms with Crippen LogP contribution in [0.4, 0.5) is 0 Å². The number of rotatable bonds is 3. The standard InChI is InChI=1S/C43H30N4/c1-43(2)34-22-12-9-21-33(34)37-38(27-15-5-3-6-16-27)44-42(45-41(37)43)47-36-24-14-11-20-30(36)32-26-25-31-29-19-10-13-23-35(29)46(39(31)40(32)47)28-17-7-4-8-18-28/h3-26H,1-2H3. The average molecular weight is 603 g/mol. The molecule has 9 aromatic rings. The lowest BCUT2D eigenvalue weighted by atomic mass is 9.85. The fraction of sp³-hybridized carbons (Fsp3) is 0.0698. The van der Waals surface area contributed by atoms with Crippen molar-refractivity contribution >= 4 is 43.6 Å². The number of nitrogens with zero attached hydrogens (tertiary/aromatic N) is 4. The molecule has 4 nitrogen and oxygen atoms in total. The van der Waals surface area contributed by atoms with Gasteiger partial charge in [0.15, 0.2) is 0 Å². The molecular formula is C43H30N4. The van der Waals surface area contributed by atoms with Crippen LogP contribution in [-0.4, -0.2) is 19.1 Å². The molecule has 6 aromatic carbocycles. The van der Waals surface area contributed by atoms with E-state index in [1.807, 2.05) is 0 Å². The number of hydrogen-bond acceptors (Lipinski definition) is 2. The summed E-state index contributed by atoms with van der Waals surface area (Å²) in [6, 6.07) is 51.9. The van der Waals surface area contributed by atoms with Crippen LogP contribution in [-0.2, 0) is 5.41 Å². The van der Waals surface area contributed by atoms with Gasteiger partial charge in [-0.2, -0.15) is 0 Å². The molecule has 4 heteroatoms. The van der Waals surface area contributed by atoms with Crippen molar-refractivity contribution in [1.29, 1.82) is 0 Å². The zero-order chi connectivity index (χ0) is 31.3. The summed E-state index contributed by atoms with van der Waals surface area (Å²) in [4.78, 5) is 11.1. The Bertz CT molecular complexity index is 2700.